The maximum Gasteiger partial charge on any atom is 0.316 e. The lowest BCUT2D eigenvalue weighted by atomic mass is 9.58. The smallest absolute Gasteiger partial charge is 0.316 e. The Kier molecular flexibility index (Phi) is 6.48. The molecule has 3 aliphatic carbocycles. The van der Waals surface area contributed by atoms with Gasteiger partial charge in [0.15, 0.2) is 0 Å². The molecule has 178 valence electrons. The predicted octanol–water partition coefficient (Wildman–Crippen LogP) is 6.84. The van der Waals surface area contributed by atoms with Crippen LogP contribution in [0.5, 0.6) is 5.75 Å². The van der Waals surface area contributed by atoms with Gasteiger partial charge < -0.3 is 10.5 Å². The van der Waals surface area contributed by atoms with Crippen LogP contribution in [0.1, 0.15) is 109 Å². The summed E-state index contributed by atoms with van der Waals surface area (Å²) in [5, 5.41) is 0. The molecule has 1 aromatic rings. The molecule has 0 saturated heterocycles. The number of esters is 1. The molecule has 2 bridgehead atoms. The molecule has 4 heteroatoms. The number of unbranched alkanes of at least 4 members (excludes halogenated alkanes) is 4. The van der Waals surface area contributed by atoms with Crippen molar-refractivity contribution in [1.82, 2.24) is 0 Å². The maximum atomic E-state index is 15.4. The van der Waals surface area contributed by atoms with Gasteiger partial charge in [0.05, 0.1) is 5.41 Å². The average molecular weight is 444 g/mol. The van der Waals surface area contributed by atoms with Gasteiger partial charge in [0.1, 0.15) is 11.6 Å². The first kappa shape index (κ1) is 23.7. The van der Waals surface area contributed by atoms with Gasteiger partial charge in [0, 0.05) is 17.5 Å². The monoisotopic (exact) mass is 443 g/mol. The van der Waals surface area contributed by atoms with Crippen LogP contribution in [0.15, 0.2) is 12.1 Å². The summed E-state index contributed by atoms with van der Waals surface area (Å²) in [6.07, 6.45) is 13.0. The zero-order chi connectivity index (χ0) is 23.1. The number of nitrogens with two attached hydrogens (primary N) is 1. The number of hydrogen-bond donors (Lipinski definition) is 1. The highest BCUT2D eigenvalue weighted by molar-refractivity contribution is 5.78. The summed E-state index contributed by atoms with van der Waals surface area (Å²) in [5.74, 6) is 0.477. The molecule has 0 aromatic heterocycles. The normalized spacial score (nSPS) is 31.2. The lowest BCUT2D eigenvalue weighted by Crippen LogP contribution is -2.55. The molecule has 0 aliphatic heterocycles. The van der Waals surface area contributed by atoms with E-state index in [9.17, 15) is 4.79 Å². The van der Waals surface area contributed by atoms with E-state index in [1.807, 2.05) is 19.9 Å². The van der Waals surface area contributed by atoms with Gasteiger partial charge in [-0.05, 0) is 74.5 Å². The first-order valence-electron chi connectivity index (χ1n) is 12.9. The standard InChI is InChI=1S/C28H42FNO2/c1-5-6-7-8-10-13-26(2,3)25(31)32-20-15-22-21(23(29)16-20)18-28-17-19(28)12-9-11-14-27(22,4)24(28)30/h15-16,19,24H,5-14,17-18,30H2,1-4H3/t19-,24+,27+,28?/m0/s1. The van der Waals surface area contributed by atoms with Gasteiger partial charge in [-0.1, -0.05) is 58.8 Å². The van der Waals surface area contributed by atoms with E-state index >= 15 is 4.39 Å². The molecule has 3 aliphatic rings. The second-order valence-corrected chi connectivity index (χ2v) is 11.8. The Balaban J connectivity index is 1.54. The molecule has 2 N–H and O–H groups in total. The minimum Gasteiger partial charge on any atom is -0.426 e. The van der Waals surface area contributed by atoms with E-state index in [1.165, 1.54) is 38.2 Å². The van der Waals surface area contributed by atoms with Crippen molar-refractivity contribution in [3.8, 4) is 5.75 Å². The second-order valence-electron chi connectivity index (χ2n) is 11.8. The Morgan fingerprint density at radius 2 is 1.97 bits per heavy atom. The van der Waals surface area contributed by atoms with Gasteiger partial charge in [-0.3, -0.25) is 4.79 Å². The Hall–Kier alpha value is -1.42. The Morgan fingerprint density at radius 3 is 2.72 bits per heavy atom. The fraction of sp³-hybridized carbons (Fsp3) is 0.750. The quantitative estimate of drug-likeness (QED) is 0.272. The molecule has 0 heterocycles. The molecule has 1 aromatic carbocycles. The van der Waals surface area contributed by atoms with Gasteiger partial charge in [0.2, 0.25) is 0 Å². The van der Waals surface area contributed by atoms with E-state index in [4.69, 9.17) is 10.5 Å². The summed E-state index contributed by atoms with van der Waals surface area (Å²) >= 11 is 0. The Morgan fingerprint density at radius 1 is 1.22 bits per heavy atom. The van der Waals surface area contributed by atoms with Crippen molar-refractivity contribution in [3.63, 3.8) is 0 Å². The molecule has 2 saturated carbocycles. The molecule has 0 amide bonds. The SMILES string of the molecule is CCCCCCCC(C)(C)C(=O)Oc1cc(F)c2c(c1)[C@@]1(C)CCCC[C@H]3CC3(C2)[C@@H]1N. The molecule has 32 heavy (non-hydrogen) atoms. The summed E-state index contributed by atoms with van der Waals surface area (Å²) in [6.45, 7) is 8.29. The number of hydrogen-bond acceptors (Lipinski definition) is 3. The highest BCUT2D eigenvalue weighted by atomic mass is 19.1. The van der Waals surface area contributed by atoms with Crippen molar-refractivity contribution >= 4 is 5.97 Å². The second kappa shape index (κ2) is 8.74. The third-order valence-electron chi connectivity index (χ3n) is 9.04. The van der Waals surface area contributed by atoms with Crippen molar-refractivity contribution in [2.24, 2.45) is 22.5 Å². The number of rotatable bonds is 8. The van der Waals surface area contributed by atoms with Gasteiger partial charge in [-0.25, -0.2) is 4.39 Å². The van der Waals surface area contributed by atoms with Gasteiger partial charge in [0.25, 0.3) is 0 Å². The summed E-state index contributed by atoms with van der Waals surface area (Å²) in [7, 11) is 0. The molecule has 0 radical (unpaired) electrons. The molecule has 3 nitrogen and oxygen atoms in total. The average Bonchev–Trinajstić information content (AvgIpc) is 3.43. The lowest BCUT2D eigenvalue weighted by molar-refractivity contribution is -0.144. The van der Waals surface area contributed by atoms with Crippen molar-refractivity contribution in [1.29, 1.82) is 0 Å². The number of benzene rings is 1. The summed E-state index contributed by atoms with van der Waals surface area (Å²) in [6, 6.07) is 3.40. The van der Waals surface area contributed by atoms with Crippen LogP contribution in [0.3, 0.4) is 0 Å². The highest BCUT2D eigenvalue weighted by Gasteiger charge is 2.64. The van der Waals surface area contributed by atoms with E-state index in [0.717, 1.165) is 56.1 Å². The molecule has 4 rings (SSSR count). The van der Waals surface area contributed by atoms with Crippen LogP contribution in [0.2, 0.25) is 0 Å². The number of fused-ring (bicyclic) bond motifs is 3. The van der Waals surface area contributed by atoms with Crippen LogP contribution in [0.25, 0.3) is 0 Å². The van der Waals surface area contributed by atoms with E-state index in [-0.39, 0.29) is 28.7 Å². The number of ether oxygens (including phenoxy) is 1. The fourth-order valence-corrected chi connectivity index (χ4v) is 6.68. The van der Waals surface area contributed by atoms with E-state index in [0.29, 0.717) is 11.7 Å². The summed E-state index contributed by atoms with van der Waals surface area (Å²) in [4.78, 5) is 13.0. The minimum atomic E-state index is -0.579. The molecular formula is C28H42FNO2. The minimum absolute atomic E-state index is 0.0395. The molecule has 1 spiro atoms. The van der Waals surface area contributed by atoms with Crippen LogP contribution in [0, 0.1) is 22.6 Å². The first-order valence-corrected chi connectivity index (χ1v) is 12.9. The maximum absolute atomic E-state index is 15.4. The molecule has 4 atom stereocenters. The van der Waals surface area contributed by atoms with E-state index < -0.39 is 5.41 Å². The van der Waals surface area contributed by atoms with Gasteiger partial charge in [-0.15, -0.1) is 0 Å². The van der Waals surface area contributed by atoms with Crippen LogP contribution in [-0.4, -0.2) is 12.0 Å². The highest BCUT2D eigenvalue weighted by Crippen LogP contribution is 2.66. The third-order valence-corrected chi connectivity index (χ3v) is 9.04. The van der Waals surface area contributed by atoms with Gasteiger partial charge >= 0.3 is 5.97 Å². The number of halogens is 1. The molecule has 2 fully saturated rings. The first-order chi connectivity index (χ1) is 15.1. The summed E-state index contributed by atoms with van der Waals surface area (Å²) in [5.41, 5.74) is 7.93. The van der Waals surface area contributed by atoms with Crippen molar-refractivity contribution in [3.05, 3.63) is 29.1 Å². The lowest BCUT2D eigenvalue weighted by Gasteiger charge is -2.48. The van der Waals surface area contributed by atoms with Crippen LogP contribution in [0.4, 0.5) is 4.39 Å². The number of carbonyl (C=O) groups is 1. The fourth-order valence-electron chi connectivity index (χ4n) is 6.68. The molecular weight excluding hydrogens is 401 g/mol. The van der Waals surface area contributed by atoms with E-state index in [1.54, 1.807) is 0 Å². The van der Waals surface area contributed by atoms with Crippen molar-refractivity contribution in [2.45, 2.75) is 116 Å². The Labute approximate surface area is 193 Å². The van der Waals surface area contributed by atoms with E-state index in [2.05, 4.69) is 13.8 Å². The predicted molar refractivity (Wildman–Crippen MR) is 127 cm³/mol. The topological polar surface area (TPSA) is 52.3 Å². The zero-order valence-corrected chi connectivity index (χ0v) is 20.6. The van der Waals surface area contributed by atoms with Crippen LogP contribution in [-0.2, 0) is 16.6 Å². The van der Waals surface area contributed by atoms with Crippen molar-refractivity contribution < 1.29 is 13.9 Å². The summed E-state index contributed by atoms with van der Waals surface area (Å²) < 4.78 is 21.2. The van der Waals surface area contributed by atoms with Crippen LogP contribution < -0.4 is 10.5 Å². The molecule has 1 unspecified atom stereocenters. The zero-order valence-electron chi connectivity index (χ0n) is 20.6. The van der Waals surface area contributed by atoms with Gasteiger partial charge in [-0.2, -0.15) is 0 Å². The largest absolute Gasteiger partial charge is 0.426 e. The van der Waals surface area contributed by atoms with Crippen LogP contribution >= 0.6 is 0 Å². The Bertz CT molecular complexity index is 865. The van der Waals surface area contributed by atoms with Crippen molar-refractivity contribution in [2.75, 3.05) is 0 Å². The number of carbonyl (C=O) groups excluding carboxylic acids is 1. The third kappa shape index (κ3) is 4.13.